The van der Waals surface area contributed by atoms with Crippen LogP contribution in [0.5, 0.6) is 0 Å². The number of pyridine rings is 1. The maximum Gasteiger partial charge on any atom is 0.180 e. The molecule has 0 saturated carbocycles. The van der Waals surface area contributed by atoms with Crippen LogP contribution in [0.2, 0.25) is 0 Å². The Balaban J connectivity index is 1.60. The Kier molecular flexibility index (Phi) is 4.02. The third-order valence-electron chi connectivity index (χ3n) is 3.75. The summed E-state index contributed by atoms with van der Waals surface area (Å²) in [4.78, 5) is 8.80. The van der Waals surface area contributed by atoms with Gasteiger partial charge in [-0.05, 0) is 36.4 Å². The van der Waals surface area contributed by atoms with Gasteiger partial charge in [-0.15, -0.1) is 0 Å². The van der Waals surface area contributed by atoms with Gasteiger partial charge in [-0.2, -0.15) is 0 Å². The van der Waals surface area contributed by atoms with Gasteiger partial charge in [0.1, 0.15) is 18.2 Å². The van der Waals surface area contributed by atoms with E-state index in [4.69, 9.17) is 9.52 Å². The molecule has 0 fully saturated rings. The van der Waals surface area contributed by atoms with Gasteiger partial charge in [0.25, 0.3) is 0 Å². The van der Waals surface area contributed by atoms with Crippen molar-refractivity contribution in [1.29, 1.82) is 0 Å². The molecule has 0 aliphatic heterocycles. The van der Waals surface area contributed by atoms with Crippen molar-refractivity contribution in [3.8, 4) is 17.3 Å². The number of para-hydroxylation sites is 1. The van der Waals surface area contributed by atoms with Gasteiger partial charge >= 0.3 is 0 Å². The Labute approximate surface area is 144 Å². The summed E-state index contributed by atoms with van der Waals surface area (Å²) in [6.07, 6.45) is 5.32. The Hall–Kier alpha value is -3.38. The van der Waals surface area contributed by atoms with E-state index in [0.29, 0.717) is 17.3 Å². The van der Waals surface area contributed by atoms with E-state index < -0.39 is 0 Å². The van der Waals surface area contributed by atoms with Crippen molar-refractivity contribution < 1.29 is 9.52 Å². The molecule has 0 spiro atoms. The first-order chi connectivity index (χ1) is 12.3. The molecule has 0 saturated heterocycles. The fourth-order valence-electron chi connectivity index (χ4n) is 2.55. The van der Waals surface area contributed by atoms with Crippen LogP contribution >= 0.6 is 0 Å². The molecular formula is C19H16N4O2. The number of imidazole rings is 1. The number of nitrogens with one attached hydrogen (secondary N) is 1. The molecule has 124 valence electrons. The zero-order valence-electron chi connectivity index (χ0n) is 13.3. The second-order valence-corrected chi connectivity index (χ2v) is 5.44. The minimum Gasteiger partial charge on any atom is -0.455 e. The molecule has 4 rings (SSSR count). The molecule has 0 aliphatic carbocycles. The lowest BCUT2D eigenvalue weighted by molar-refractivity contribution is 0.248. The number of aromatic nitrogens is 3. The van der Waals surface area contributed by atoms with E-state index in [1.54, 1.807) is 24.5 Å². The smallest absolute Gasteiger partial charge is 0.180 e. The maximum absolute atomic E-state index is 9.15. The van der Waals surface area contributed by atoms with E-state index in [-0.39, 0.29) is 6.61 Å². The number of nitrogens with zero attached hydrogens (tertiary/aromatic N) is 3. The standard InChI is InChI=1S/C19H16N4O2/c24-13-16-7-8-17(25-16)19-20-10-11-23(19)15-6-9-18(21-12-15)22-14-4-2-1-3-5-14/h1-12,24H,13H2,(H,21,22). The lowest BCUT2D eigenvalue weighted by Crippen LogP contribution is -1.98. The van der Waals surface area contributed by atoms with E-state index >= 15 is 0 Å². The molecule has 25 heavy (non-hydrogen) atoms. The van der Waals surface area contributed by atoms with Crippen LogP contribution in [-0.4, -0.2) is 19.6 Å². The van der Waals surface area contributed by atoms with E-state index in [2.05, 4.69) is 15.3 Å². The molecule has 4 aromatic rings. The number of rotatable bonds is 5. The summed E-state index contributed by atoms with van der Waals surface area (Å²) in [5, 5.41) is 12.4. The molecule has 3 heterocycles. The summed E-state index contributed by atoms with van der Waals surface area (Å²) in [6.45, 7) is -0.137. The Bertz CT molecular complexity index is 959. The zero-order chi connectivity index (χ0) is 17.1. The average Bonchev–Trinajstić information content (AvgIpc) is 3.32. The molecule has 3 aromatic heterocycles. The molecular weight excluding hydrogens is 316 g/mol. The number of aliphatic hydroxyl groups excluding tert-OH is 1. The molecule has 0 radical (unpaired) electrons. The zero-order valence-corrected chi connectivity index (χ0v) is 13.3. The van der Waals surface area contributed by atoms with Crippen LogP contribution in [0.15, 0.2) is 77.6 Å². The molecule has 6 nitrogen and oxygen atoms in total. The quantitative estimate of drug-likeness (QED) is 0.582. The summed E-state index contributed by atoms with van der Waals surface area (Å²) in [7, 11) is 0. The van der Waals surface area contributed by atoms with Crippen molar-refractivity contribution in [2.45, 2.75) is 6.61 Å². The van der Waals surface area contributed by atoms with Crippen molar-refractivity contribution in [2.24, 2.45) is 0 Å². The van der Waals surface area contributed by atoms with Gasteiger partial charge < -0.3 is 14.8 Å². The predicted molar refractivity (Wildman–Crippen MR) is 94.7 cm³/mol. The van der Waals surface area contributed by atoms with Gasteiger partial charge in [0.05, 0.1) is 11.9 Å². The van der Waals surface area contributed by atoms with E-state index in [9.17, 15) is 0 Å². The molecule has 6 heteroatoms. The van der Waals surface area contributed by atoms with Crippen molar-refractivity contribution in [1.82, 2.24) is 14.5 Å². The molecule has 2 N–H and O–H groups in total. The minimum atomic E-state index is -0.137. The monoisotopic (exact) mass is 332 g/mol. The van der Waals surface area contributed by atoms with Crippen LogP contribution in [-0.2, 0) is 6.61 Å². The number of aliphatic hydroxyl groups is 1. The molecule has 0 unspecified atom stereocenters. The molecule has 1 aromatic carbocycles. The Morgan fingerprint density at radius 2 is 1.88 bits per heavy atom. The van der Waals surface area contributed by atoms with Gasteiger partial charge in [0.15, 0.2) is 11.6 Å². The SMILES string of the molecule is OCc1ccc(-c2nccn2-c2ccc(Nc3ccccc3)nc2)o1. The Morgan fingerprint density at radius 3 is 2.60 bits per heavy atom. The Morgan fingerprint density at radius 1 is 1.00 bits per heavy atom. The second kappa shape index (κ2) is 6.62. The highest BCUT2D eigenvalue weighted by Gasteiger charge is 2.12. The fraction of sp³-hybridized carbons (Fsp3) is 0.0526. The molecule has 0 amide bonds. The van der Waals surface area contributed by atoms with Gasteiger partial charge in [-0.3, -0.25) is 4.57 Å². The van der Waals surface area contributed by atoms with Crippen LogP contribution in [0, 0.1) is 0 Å². The molecule has 0 bridgehead atoms. The van der Waals surface area contributed by atoms with E-state index in [1.807, 2.05) is 53.2 Å². The molecule has 0 atom stereocenters. The van der Waals surface area contributed by atoms with Crippen molar-refractivity contribution in [3.05, 3.63) is 78.9 Å². The first kappa shape index (κ1) is 15.2. The second-order valence-electron chi connectivity index (χ2n) is 5.44. The van der Waals surface area contributed by atoms with Crippen LogP contribution in [0.1, 0.15) is 5.76 Å². The number of benzene rings is 1. The number of furan rings is 1. The maximum atomic E-state index is 9.15. The fourth-order valence-corrected chi connectivity index (χ4v) is 2.55. The van der Waals surface area contributed by atoms with Crippen LogP contribution in [0.25, 0.3) is 17.3 Å². The lowest BCUT2D eigenvalue weighted by Gasteiger charge is -2.08. The van der Waals surface area contributed by atoms with Gasteiger partial charge in [-0.1, -0.05) is 18.2 Å². The highest BCUT2D eigenvalue weighted by molar-refractivity contribution is 5.58. The first-order valence-corrected chi connectivity index (χ1v) is 7.85. The summed E-state index contributed by atoms with van der Waals surface area (Å²) in [5.74, 6) is 2.52. The molecule has 0 aliphatic rings. The van der Waals surface area contributed by atoms with Crippen LogP contribution in [0.3, 0.4) is 0 Å². The summed E-state index contributed by atoms with van der Waals surface area (Å²) in [5.41, 5.74) is 1.85. The van der Waals surface area contributed by atoms with Crippen molar-refractivity contribution >= 4 is 11.5 Å². The highest BCUT2D eigenvalue weighted by atomic mass is 16.4. The summed E-state index contributed by atoms with van der Waals surface area (Å²) >= 11 is 0. The van der Waals surface area contributed by atoms with Gasteiger partial charge in [0.2, 0.25) is 0 Å². The van der Waals surface area contributed by atoms with Crippen LogP contribution in [0.4, 0.5) is 11.5 Å². The van der Waals surface area contributed by atoms with E-state index in [1.165, 1.54) is 0 Å². The first-order valence-electron chi connectivity index (χ1n) is 7.85. The summed E-state index contributed by atoms with van der Waals surface area (Å²) in [6, 6.07) is 17.3. The third kappa shape index (κ3) is 3.15. The average molecular weight is 332 g/mol. The predicted octanol–water partition coefficient (Wildman–Crippen LogP) is 3.76. The largest absolute Gasteiger partial charge is 0.455 e. The number of anilines is 2. The summed E-state index contributed by atoms with van der Waals surface area (Å²) < 4.78 is 7.46. The number of hydrogen-bond acceptors (Lipinski definition) is 5. The van der Waals surface area contributed by atoms with Gasteiger partial charge in [-0.25, -0.2) is 9.97 Å². The minimum absolute atomic E-state index is 0.137. The highest BCUT2D eigenvalue weighted by Crippen LogP contribution is 2.24. The normalized spacial score (nSPS) is 10.8. The van der Waals surface area contributed by atoms with Crippen LogP contribution < -0.4 is 5.32 Å². The van der Waals surface area contributed by atoms with Crippen molar-refractivity contribution in [2.75, 3.05) is 5.32 Å². The van der Waals surface area contributed by atoms with Gasteiger partial charge in [0, 0.05) is 18.1 Å². The number of hydrogen-bond donors (Lipinski definition) is 2. The third-order valence-corrected chi connectivity index (χ3v) is 3.75. The topological polar surface area (TPSA) is 76.1 Å². The van der Waals surface area contributed by atoms with E-state index in [0.717, 1.165) is 17.2 Å². The van der Waals surface area contributed by atoms with Crippen molar-refractivity contribution in [3.63, 3.8) is 0 Å². The lowest BCUT2D eigenvalue weighted by atomic mass is 10.3.